The van der Waals surface area contributed by atoms with Crippen LogP contribution in [0.3, 0.4) is 0 Å². The highest BCUT2D eigenvalue weighted by molar-refractivity contribution is 5.92. The number of hydrogen-bond donors (Lipinski definition) is 2. The van der Waals surface area contributed by atoms with Crippen molar-refractivity contribution in [3.8, 4) is 22.5 Å². The molecule has 0 saturated heterocycles. The third-order valence-corrected chi connectivity index (χ3v) is 8.66. The molecule has 1 atom stereocenters. The number of aromatic amines is 1. The molecule has 2 aliphatic carbocycles. The lowest BCUT2D eigenvalue weighted by Gasteiger charge is -2.19. The van der Waals surface area contributed by atoms with Crippen LogP contribution in [0.5, 0.6) is 0 Å². The van der Waals surface area contributed by atoms with Crippen molar-refractivity contribution in [3.63, 3.8) is 0 Å². The number of carbonyl (C=O) groups excluding carboxylic acids is 1. The highest BCUT2D eigenvalue weighted by atomic mass is 16.5. The first-order valence-corrected chi connectivity index (χ1v) is 14.5. The Morgan fingerprint density at radius 3 is 2.80 bits per heavy atom. The van der Waals surface area contributed by atoms with Gasteiger partial charge in [-0.25, -0.2) is 9.97 Å². The summed E-state index contributed by atoms with van der Waals surface area (Å²) in [5.41, 5.74) is 8.04. The number of rotatable bonds is 6. The maximum atomic E-state index is 13.1. The summed E-state index contributed by atoms with van der Waals surface area (Å²) in [5.74, 6) is 1.12. The molecule has 1 saturated carbocycles. The van der Waals surface area contributed by atoms with Gasteiger partial charge in [-0.3, -0.25) is 9.48 Å². The highest BCUT2D eigenvalue weighted by Gasteiger charge is 2.44. The quantitative estimate of drug-likeness (QED) is 0.248. The Bertz CT molecular complexity index is 1770. The topological polar surface area (TPSA) is 127 Å². The van der Waals surface area contributed by atoms with Gasteiger partial charge < -0.3 is 14.8 Å². The summed E-state index contributed by atoms with van der Waals surface area (Å²) in [4.78, 5) is 30.4. The highest BCUT2D eigenvalue weighted by Crippen LogP contribution is 2.46. The molecule has 10 heteroatoms. The Morgan fingerprint density at radius 2 is 2.02 bits per heavy atom. The number of aryl methyl sites for hydroxylation is 1. The van der Waals surface area contributed by atoms with E-state index in [1.165, 1.54) is 5.56 Å². The molecule has 2 N–H and O–H groups in total. The third-order valence-electron chi connectivity index (χ3n) is 8.66. The van der Waals surface area contributed by atoms with Crippen molar-refractivity contribution in [2.24, 2.45) is 0 Å². The van der Waals surface area contributed by atoms with Crippen molar-refractivity contribution < 1.29 is 9.32 Å². The number of imidazole rings is 1. The molecule has 0 spiro atoms. The van der Waals surface area contributed by atoms with Crippen LogP contribution in [0.25, 0.3) is 33.7 Å². The molecule has 4 heterocycles. The second-order valence-electron chi connectivity index (χ2n) is 12.0. The summed E-state index contributed by atoms with van der Waals surface area (Å²) in [6.45, 7) is 8.40. The van der Waals surface area contributed by atoms with Gasteiger partial charge in [0, 0.05) is 28.9 Å². The van der Waals surface area contributed by atoms with Crippen LogP contribution in [0.15, 0.2) is 41.2 Å². The number of nitrogens with zero attached hydrogens (tertiary/aromatic N) is 6. The van der Waals surface area contributed by atoms with E-state index in [0.29, 0.717) is 5.82 Å². The Kier molecular flexibility index (Phi) is 6.02. The van der Waals surface area contributed by atoms with Crippen molar-refractivity contribution in [3.05, 3.63) is 65.2 Å². The average Bonchev–Trinajstić information content (AvgIpc) is 3.30. The van der Waals surface area contributed by atoms with E-state index in [4.69, 9.17) is 9.51 Å². The monoisotopic (exact) mass is 550 g/mol. The van der Waals surface area contributed by atoms with Gasteiger partial charge in [0.2, 0.25) is 0 Å². The molecule has 2 aliphatic rings. The van der Waals surface area contributed by atoms with E-state index in [0.717, 1.165) is 83.5 Å². The number of benzene rings is 1. The number of pyridine rings is 1. The van der Waals surface area contributed by atoms with Gasteiger partial charge >= 0.3 is 11.8 Å². The Balaban J connectivity index is 1.19. The SMILES string of the molecule is Cc1c(-c2nc3c(-c4ccc5c(c4)CCCC[C@@H]5NC(=O)c4nc(C5(C)CC5)no4)ccnc3[nH]2)cnn1C(C)C. The van der Waals surface area contributed by atoms with E-state index in [-0.39, 0.29) is 29.3 Å². The summed E-state index contributed by atoms with van der Waals surface area (Å²) in [6, 6.07) is 8.67. The first-order valence-electron chi connectivity index (χ1n) is 14.5. The lowest BCUT2D eigenvalue weighted by Crippen LogP contribution is -2.29. The van der Waals surface area contributed by atoms with Crippen LogP contribution in [-0.2, 0) is 11.8 Å². The first kappa shape index (κ1) is 25.6. The number of fused-ring (bicyclic) bond motifs is 2. The van der Waals surface area contributed by atoms with Gasteiger partial charge in [0.25, 0.3) is 0 Å². The molecule has 1 aromatic carbocycles. The lowest BCUT2D eigenvalue weighted by atomic mass is 9.94. The zero-order valence-electron chi connectivity index (χ0n) is 23.9. The van der Waals surface area contributed by atoms with Gasteiger partial charge in [0.05, 0.1) is 17.8 Å². The minimum Gasteiger partial charge on any atom is -0.341 e. The maximum absolute atomic E-state index is 13.1. The second kappa shape index (κ2) is 9.64. The molecule has 0 unspecified atom stereocenters. The fraction of sp³-hybridized carbons (Fsp3) is 0.419. The second-order valence-corrected chi connectivity index (χ2v) is 12.0. The van der Waals surface area contributed by atoms with E-state index in [1.54, 1.807) is 0 Å². The molecule has 41 heavy (non-hydrogen) atoms. The van der Waals surface area contributed by atoms with Crippen molar-refractivity contribution in [2.45, 2.75) is 83.7 Å². The first-order chi connectivity index (χ1) is 19.8. The Labute approximate surface area is 238 Å². The molecule has 0 aliphatic heterocycles. The molecular formula is C31H34N8O2. The van der Waals surface area contributed by atoms with Crippen LogP contribution in [0.2, 0.25) is 0 Å². The maximum Gasteiger partial charge on any atom is 0.315 e. The van der Waals surface area contributed by atoms with Crippen molar-refractivity contribution >= 4 is 17.1 Å². The molecule has 5 aromatic rings. The number of aromatic nitrogens is 7. The van der Waals surface area contributed by atoms with Gasteiger partial charge in [0.1, 0.15) is 11.3 Å². The summed E-state index contributed by atoms with van der Waals surface area (Å²) < 4.78 is 7.33. The summed E-state index contributed by atoms with van der Waals surface area (Å²) in [6.07, 6.45) is 9.63. The smallest absolute Gasteiger partial charge is 0.315 e. The molecule has 10 nitrogen and oxygen atoms in total. The van der Waals surface area contributed by atoms with Crippen LogP contribution in [0.1, 0.15) is 98.3 Å². The summed E-state index contributed by atoms with van der Waals surface area (Å²) >= 11 is 0. The van der Waals surface area contributed by atoms with Crippen molar-refractivity contribution in [1.82, 2.24) is 40.2 Å². The molecule has 0 radical (unpaired) electrons. The molecule has 0 bridgehead atoms. The number of nitrogens with one attached hydrogen (secondary N) is 2. The Hall–Kier alpha value is -4.34. The van der Waals surface area contributed by atoms with Gasteiger partial charge in [-0.05, 0) is 75.6 Å². The number of H-pyrrole nitrogens is 1. The predicted octanol–water partition coefficient (Wildman–Crippen LogP) is 6.01. The number of amides is 1. The van der Waals surface area contributed by atoms with Gasteiger partial charge in [-0.2, -0.15) is 10.1 Å². The predicted molar refractivity (Wildman–Crippen MR) is 154 cm³/mol. The zero-order valence-corrected chi connectivity index (χ0v) is 23.9. The van der Waals surface area contributed by atoms with Crippen molar-refractivity contribution in [1.29, 1.82) is 0 Å². The molecule has 1 amide bonds. The van der Waals surface area contributed by atoms with Crippen LogP contribution in [0, 0.1) is 6.92 Å². The molecule has 4 aromatic heterocycles. The average molecular weight is 551 g/mol. The normalized spacial score (nSPS) is 17.9. The van der Waals surface area contributed by atoms with Crippen molar-refractivity contribution in [2.75, 3.05) is 0 Å². The fourth-order valence-electron chi connectivity index (χ4n) is 5.94. The van der Waals surface area contributed by atoms with Crippen LogP contribution < -0.4 is 5.32 Å². The van der Waals surface area contributed by atoms with E-state index in [9.17, 15) is 4.79 Å². The molecule has 1 fully saturated rings. The summed E-state index contributed by atoms with van der Waals surface area (Å²) in [5, 5.41) is 11.8. The Morgan fingerprint density at radius 1 is 1.17 bits per heavy atom. The van der Waals surface area contributed by atoms with Crippen LogP contribution in [0.4, 0.5) is 0 Å². The van der Waals surface area contributed by atoms with E-state index in [1.807, 2.05) is 23.1 Å². The van der Waals surface area contributed by atoms with E-state index >= 15 is 0 Å². The lowest BCUT2D eigenvalue weighted by molar-refractivity contribution is 0.0890. The summed E-state index contributed by atoms with van der Waals surface area (Å²) in [7, 11) is 0. The molecule has 210 valence electrons. The number of carbonyl (C=O) groups is 1. The minimum atomic E-state index is -0.314. The molecule has 7 rings (SSSR count). The van der Waals surface area contributed by atoms with Gasteiger partial charge in [-0.15, -0.1) is 0 Å². The van der Waals surface area contributed by atoms with Crippen LogP contribution in [-0.4, -0.2) is 40.8 Å². The standard InChI is InChI=1S/C31H34N8O2/c1-17(2)39-18(3)23(16-33-39)26-35-25-22(11-14-32-27(25)36-26)20-9-10-21-19(15-20)7-5-6-8-24(21)34-28(40)29-37-30(38-41-29)31(4)12-13-31/h9-11,14-17,24H,5-8,12-13H2,1-4H3,(H,34,40)(H,32,35,36)/t24-/m0/s1. The zero-order chi connectivity index (χ0) is 28.3. The van der Waals surface area contributed by atoms with E-state index in [2.05, 4.69) is 76.4 Å². The fourth-order valence-corrected chi connectivity index (χ4v) is 5.94. The van der Waals surface area contributed by atoms with Gasteiger partial charge in [0.15, 0.2) is 11.5 Å². The third kappa shape index (κ3) is 4.51. The van der Waals surface area contributed by atoms with E-state index < -0.39 is 0 Å². The minimum absolute atomic E-state index is 0.0400. The largest absolute Gasteiger partial charge is 0.341 e. The molecular weight excluding hydrogens is 516 g/mol. The number of hydrogen-bond acceptors (Lipinski definition) is 7. The van der Waals surface area contributed by atoms with Crippen LogP contribution >= 0.6 is 0 Å². The van der Waals surface area contributed by atoms with Gasteiger partial charge in [-0.1, -0.05) is 36.7 Å².